The number of benzene rings is 1. The number of alkyl halides is 3. The van der Waals surface area contributed by atoms with Gasteiger partial charge in [-0.1, -0.05) is 6.07 Å². The number of hydrogen-bond donors (Lipinski definition) is 2. The van der Waals surface area contributed by atoms with Crippen LogP contribution in [0.15, 0.2) is 18.2 Å². The van der Waals surface area contributed by atoms with Crippen molar-refractivity contribution >= 4 is 16.1 Å². The van der Waals surface area contributed by atoms with Crippen molar-refractivity contribution in [1.82, 2.24) is 0 Å². The summed E-state index contributed by atoms with van der Waals surface area (Å²) in [6, 6.07) is 2.38. The lowest BCUT2D eigenvalue weighted by Gasteiger charge is -2.14. The summed E-state index contributed by atoms with van der Waals surface area (Å²) in [5, 5.41) is 8.75. The molecule has 7 nitrogen and oxygen atoms in total. The standard InChI is InChI=1S/C12H12F3NO6S/c13-12(14,15)23(19,20)22-9-2-1-6(4-8(16)11(17)18)3-7(9)10-5-21-10/h1-3,8,10H,4-5,16H2,(H,17,18). The van der Waals surface area contributed by atoms with Gasteiger partial charge in [-0.2, -0.15) is 21.6 Å². The van der Waals surface area contributed by atoms with Crippen LogP contribution in [0.5, 0.6) is 5.75 Å². The molecule has 0 aromatic heterocycles. The first-order valence-electron chi connectivity index (χ1n) is 6.25. The molecular weight excluding hydrogens is 343 g/mol. The van der Waals surface area contributed by atoms with E-state index in [9.17, 15) is 26.4 Å². The quantitative estimate of drug-likeness (QED) is 0.443. The van der Waals surface area contributed by atoms with Crippen molar-refractivity contribution in [3.63, 3.8) is 0 Å². The fourth-order valence-corrected chi connectivity index (χ4v) is 2.27. The van der Waals surface area contributed by atoms with Gasteiger partial charge >= 0.3 is 21.6 Å². The third-order valence-electron chi connectivity index (χ3n) is 3.01. The van der Waals surface area contributed by atoms with E-state index in [1.807, 2.05) is 0 Å². The topological polar surface area (TPSA) is 119 Å². The van der Waals surface area contributed by atoms with Crippen molar-refractivity contribution < 1.29 is 40.4 Å². The second-order valence-corrected chi connectivity index (χ2v) is 6.36. The summed E-state index contributed by atoms with van der Waals surface area (Å²) < 4.78 is 68.4. The van der Waals surface area contributed by atoms with Crippen LogP contribution in [0.25, 0.3) is 0 Å². The van der Waals surface area contributed by atoms with E-state index in [0.29, 0.717) is 5.56 Å². The first kappa shape index (κ1) is 17.5. The molecule has 0 radical (unpaired) electrons. The van der Waals surface area contributed by atoms with Crippen molar-refractivity contribution in [3.05, 3.63) is 29.3 Å². The average Bonchev–Trinajstić information content (AvgIpc) is 3.23. The molecule has 0 aliphatic carbocycles. The lowest BCUT2D eigenvalue weighted by Crippen LogP contribution is -2.32. The largest absolute Gasteiger partial charge is 0.534 e. The molecule has 2 unspecified atom stereocenters. The van der Waals surface area contributed by atoms with Crippen LogP contribution < -0.4 is 9.92 Å². The van der Waals surface area contributed by atoms with Crippen LogP contribution in [-0.2, 0) is 26.1 Å². The minimum absolute atomic E-state index is 0.0820. The molecule has 0 saturated carbocycles. The third-order valence-corrected chi connectivity index (χ3v) is 3.98. The molecule has 1 aliphatic rings. The first-order valence-corrected chi connectivity index (χ1v) is 7.65. The number of nitrogens with two attached hydrogens (primary N) is 1. The van der Waals surface area contributed by atoms with E-state index in [1.165, 1.54) is 12.1 Å². The minimum atomic E-state index is -5.80. The average molecular weight is 355 g/mol. The van der Waals surface area contributed by atoms with Crippen LogP contribution in [0.1, 0.15) is 17.2 Å². The summed E-state index contributed by atoms with van der Waals surface area (Å²) >= 11 is 0. The van der Waals surface area contributed by atoms with Gasteiger partial charge in [-0.25, -0.2) is 0 Å². The zero-order valence-corrected chi connectivity index (χ0v) is 12.2. The summed E-state index contributed by atoms with van der Waals surface area (Å²) in [7, 11) is -5.80. The highest BCUT2D eigenvalue weighted by Gasteiger charge is 2.49. The summed E-state index contributed by atoms with van der Waals surface area (Å²) in [6.45, 7) is 0.191. The van der Waals surface area contributed by atoms with Crippen molar-refractivity contribution in [2.75, 3.05) is 6.61 Å². The number of ether oxygens (including phenoxy) is 1. The van der Waals surface area contributed by atoms with Gasteiger partial charge in [-0.3, -0.25) is 4.79 Å². The molecular formula is C12H12F3NO6S. The summed E-state index contributed by atoms with van der Waals surface area (Å²) in [6.07, 6.45) is -0.684. The van der Waals surface area contributed by atoms with Gasteiger partial charge in [0.1, 0.15) is 17.9 Å². The molecule has 23 heavy (non-hydrogen) atoms. The van der Waals surface area contributed by atoms with Crippen molar-refractivity contribution in [3.8, 4) is 5.75 Å². The van der Waals surface area contributed by atoms with Gasteiger partial charge in [-0.05, 0) is 24.1 Å². The lowest BCUT2D eigenvalue weighted by atomic mass is 10.0. The maximum absolute atomic E-state index is 12.4. The normalized spacial score (nSPS) is 19.2. The van der Waals surface area contributed by atoms with Crippen LogP contribution in [0.2, 0.25) is 0 Å². The van der Waals surface area contributed by atoms with Crippen LogP contribution in [0, 0.1) is 0 Å². The predicted octanol–water partition coefficient (Wildman–Crippen LogP) is 0.941. The van der Waals surface area contributed by atoms with E-state index in [0.717, 1.165) is 6.07 Å². The second kappa shape index (κ2) is 5.98. The van der Waals surface area contributed by atoms with E-state index in [-0.39, 0.29) is 18.6 Å². The molecule has 0 amide bonds. The Morgan fingerprint density at radius 2 is 2.09 bits per heavy atom. The zero-order valence-electron chi connectivity index (χ0n) is 11.4. The smallest absolute Gasteiger partial charge is 0.480 e. The van der Waals surface area contributed by atoms with Gasteiger partial charge in [0, 0.05) is 5.56 Å². The van der Waals surface area contributed by atoms with Gasteiger partial charge in [0.2, 0.25) is 0 Å². The Hall–Kier alpha value is -1.85. The maximum atomic E-state index is 12.4. The van der Waals surface area contributed by atoms with E-state index in [4.69, 9.17) is 15.6 Å². The molecule has 1 saturated heterocycles. The Balaban J connectivity index is 2.29. The van der Waals surface area contributed by atoms with E-state index < -0.39 is 39.5 Å². The molecule has 1 fully saturated rings. The number of carboxylic acid groups (broad SMARTS) is 1. The van der Waals surface area contributed by atoms with Crippen LogP contribution >= 0.6 is 0 Å². The fraction of sp³-hybridized carbons (Fsp3) is 0.417. The molecule has 11 heteroatoms. The molecule has 128 valence electrons. The number of epoxide rings is 1. The van der Waals surface area contributed by atoms with E-state index in [1.54, 1.807) is 0 Å². The molecule has 0 spiro atoms. The van der Waals surface area contributed by atoms with Gasteiger partial charge in [0.05, 0.1) is 6.61 Å². The Morgan fingerprint density at radius 3 is 2.57 bits per heavy atom. The highest BCUT2D eigenvalue weighted by molar-refractivity contribution is 7.88. The maximum Gasteiger partial charge on any atom is 0.534 e. The summed E-state index contributed by atoms with van der Waals surface area (Å²) in [4.78, 5) is 10.7. The molecule has 3 N–H and O–H groups in total. The third kappa shape index (κ3) is 4.12. The van der Waals surface area contributed by atoms with Crippen molar-refractivity contribution in [1.29, 1.82) is 0 Å². The van der Waals surface area contributed by atoms with Gasteiger partial charge < -0.3 is 19.8 Å². The Labute approximate surface area is 128 Å². The first-order chi connectivity index (χ1) is 10.5. The fourth-order valence-electron chi connectivity index (χ4n) is 1.79. The number of aliphatic carboxylic acids is 1. The molecule has 1 heterocycles. The highest BCUT2D eigenvalue weighted by Crippen LogP contribution is 2.39. The second-order valence-electron chi connectivity index (χ2n) is 4.83. The Bertz CT molecular complexity index is 714. The van der Waals surface area contributed by atoms with Gasteiger partial charge in [0.25, 0.3) is 0 Å². The van der Waals surface area contributed by atoms with E-state index >= 15 is 0 Å². The van der Waals surface area contributed by atoms with Crippen molar-refractivity contribution in [2.24, 2.45) is 5.73 Å². The molecule has 0 bridgehead atoms. The minimum Gasteiger partial charge on any atom is -0.480 e. The molecule has 1 aliphatic heterocycles. The highest BCUT2D eigenvalue weighted by atomic mass is 32.2. The Kier molecular flexibility index (Phi) is 4.55. The van der Waals surface area contributed by atoms with Crippen molar-refractivity contribution in [2.45, 2.75) is 24.1 Å². The predicted molar refractivity (Wildman–Crippen MR) is 70.1 cm³/mol. The van der Waals surface area contributed by atoms with Gasteiger partial charge in [-0.15, -0.1) is 0 Å². The number of rotatable bonds is 6. The molecule has 2 rings (SSSR count). The number of halogens is 3. The van der Waals surface area contributed by atoms with Gasteiger partial charge in [0.15, 0.2) is 0 Å². The zero-order chi connectivity index (χ0) is 17.4. The van der Waals surface area contributed by atoms with Crippen LogP contribution in [0.4, 0.5) is 13.2 Å². The monoisotopic (exact) mass is 355 g/mol. The Morgan fingerprint density at radius 1 is 1.48 bits per heavy atom. The molecule has 1 aromatic carbocycles. The van der Waals surface area contributed by atoms with Crippen LogP contribution in [-0.4, -0.2) is 37.7 Å². The SMILES string of the molecule is NC(Cc1ccc(OS(=O)(=O)C(F)(F)F)c(C2CO2)c1)C(=O)O. The lowest BCUT2D eigenvalue weighted by molar-refractivity contribution is -0.138. The van der Waals surface area contributed by atoms with Crippen LogP contribution in [0.3, 0.4) is 0 Å². The summed E-state index contributed by atoms with van der Waals surface area (Å²) in [5.41, 5.74) is 0.319. The van der Waals surface area contributed by atoms with E-state index in [2.05, 4.69) is 4.18 Å². The number of carboxylic acids is 1. The molecule has 1 aromatic rings. The molecule has 2 atom stereocenters. The summed E-state index contributed by atoms with van der Waals surface area (Å²) in [5.74, 6) is -1.76. The number of hydrogen-bond acceptors (Lipinski definition) is 6. The number of carbonyl (C=O) groups is 1.